The number of quaternary nitrogens is 1. The molecule has 2 N–H and O–H groups in total. The van der Waals surface area contributed by atoms with E-state index in [4.69, 9.17) is 11.6 Å². The first-order valence-electron chi connectivity index (χ1n) is 9.54. The molecule has 2 aromatic rings. The molecule has 28 heavy (non-hydrogen) atoms. The number of thioether (sulfide) groups is 1. The van der Waals surface area contributed by atoms with Crippen LogP contribution < -0.4 is 15.9 Å². The predicted octanol–water partition coefficient (Wildman–Crippen LogP) is 1.65. The number of carbonyl (C=O) groups excluding carboxylic acids is 1. The zero-order valence-electron chi connectivity index (χ0n) is 16.3. The average Bonchev–Trinajstić information content (AvgIpc) is 2.65. The molecule has 0 spiro atoms. The molecule has 0 bridgehead atoms. The molecule has 0 saturated heterocycles. The maximum atomic E-state index is 12.6. The molecule has 0 radical (unpaired) electrons. The van der Waals surface area contributed by atoms with Gasteiger partial charge < -0.3 is 10.2 Å². The second kappa shape index (κ2) is 9.58. The molecule has 0 atom stereocenters. The first kappa shape index (κ1) is 20.9. The summed E-state index contributed by atoms with van der Waals surface area (Å²) in [6.07, 6.45) is 3.99. The van der Waals surface area contributed by atoms with Crippen molar-refractivity contribution in [1.82, 2.24) is 9.55 Å². The van der Waals surface area contributed by atoms with Crippen molar-refractivity contribution >= 4 is 35.0 Å². The monoisotopic (exact) mass is 421 g/mol. The van der Waals surface area contributed by atoms with Crippen molar-refractivity contribution in [2.75, 3.05) is 31.7 Å². The highest BCUT2D eigenvalue weighted by atomic mass is 35.5. The minimum Gasteiger partial charge on any atom is -0.338 e. The number of nitrogens with one attached hydrogen (secondary N) is 2. The van der Waals surface area contributed by atoms with Crippen molar-refractivity contribution in [2.45, 2.75) is 37.3 Å². The maximum absolute atomic E-state index is 12.6. The fourth-order valence-electron chi connectivity index (χ4n) is 3.33. The van der Waals surface area contributed by atoms with Gasteiger partial charge in [0.2, 0.25) is 5.91 Å². The number of amides is 1. The van der Waals surface area contributed by atoms with Gasteiger partial charge in [0.25, 0.3) is 0 Å². The minimum absolute atomic E-state index is 0.140. The Morgan fingerprint density at radius 2 is 2.11 bits per heavy atom. The number of aromatic nitrogens is 2. The molecule has 3 rings (SSSR count). The number of halogens is 1. The summed E-state index contributed by atoms with van der Waals surface area (Å²) in [4.78, 5) is 30.5. The largest absolute Gasteiger partial charge is 0.349 e. The number of fused-ring (bicyclic) bond motifs is 1. The van der Waals surface area contributed by atoms with E-state index in [9.17, 15) is 9.59 Å². The average molecular weight is 422 g/mol. The van der Waals surface area contributed by atoms with E-state index < -0.39 is 0 Å². The Balaban J connectivity index is 1.74. The van der Waals surface area contributed by atoms with Crippen molar-refractivity contribution in [2.24, 2.45) is 0 Å². The van der Waals surface area contributed by atoms with E-state index >= 15 is 0 Å². The summed E-state index contributed by atoms with van der Waals surface area (Å²) < 4.78 is 1.83. The molecule has 1 aliphatic carbocycles. The Labute approximate surface area is 174 Å². The van der Waals surface area contributed by atoms with Crippen LogP contribution in [0.25, 0.3) is 0 Å². The normalized spacial score (nSPS) is 13.4. The van der Waals surface area contributed by atoms with Crippen molar-refractivity contribution in [3.8, 4) is 0 Å². The van der Waals surface area contributed by atoms with Gasteiger partial charge in [-0.05, 0) is 43.9 Å². The Morgan fingerprint density at radius 3 is 2.86 bits per heavy atom. The van der Waals surface area contributed by atoms with E-state index in [0.717, 1.165) is 43.5 Å². The quantitative estimate of drug-likeness (QED) is 0.527. The molecule has 1 aliphatic rings. The number of carbonyl (C=O) groups is 1. The molecule has 0 saturated carbocycles. The van der Waals surface area contributed by atoms with E-state index in [1.807, 2.05) is 4.57 Å². The molecule has 150 valence electrons. The minimum atomic E-state index is -0.209. The molecule has 0 unspecified atom stereocenters. The van der Waals surface area contributed by atoms with Crippen molar-refractivity contribution < 1.29 is 9.69 Å². The van der Waals surface area contributed by atoms with Crippen LogP contribution in [0, 0.1) is 0 Å². The summed E-state index contributed by atoms with van der Waals surface area (Å²) in [6.45, 7) is 1.55. The third-order valence-electron chi connectivity index (χ3n) is 4.73. The Kier molecular flexibility index (Phi) is 7.15. The van der Waals surface area contributed by atoms with Gasteiger partial charge in [-0.25, -0.2) is 4.79 Å². The summed E-state index contributed by atoms with van der Waals surface area (Å²) in [5.74, 6) is 0.0658. The molecule has 1 heterocycles. The second-order valence-corrected chi connectivity index (χ2v) is 8.69. The highest BCUT2D eigenvalue weighted by Gasteiger charge is 2.21. The number of nitrogens with zero attached hydrogens (tertiary/aromatic N) is 2. The van der Waals surface area contributed by atoms with Gasteiger partial charge >= 0.3 is 5.69 Å². The number of rotatable bonds is 7. The third-order valence-corrected chi connectivity index (χ3v) is 5.99. The molecule has 1 amide bonds. The van der Waals surface area contributed by atoms with E-state index in [0.29, 0.717) is 22.3 Å². The van der Waals surface area contributed by atoms with Crippen LogP contribution >= 0.6 is 23.4 Å². The zero-order chi connectivity index (χ0) is 20.1. The fraction of sp³-hybridized carbons (Fsp3) is 0.450. The van der Waals surface area contributed by atoms with Crippen LogP contribution in [0.4, 0.5) is 5.69 Å². The predicted molar refractivity (Wildman–Crippen MR) is 114 cm³/mol. The molecule has 6 nitrogen and oxygen atoms in total. The lowest BCUT2D eigenvalue weighted by Crippen LogP contribution is -3.06. The number of anilines is 1. The fourth-order valence-corrected chi connectivity index (χ4v) is 4.40. The first-order chi connectivity index (χ1) is 13.4. The summed E-state index contributed by atoms with van der Waals surface area (Å²) in [6, 6.07) is 7.05. The lowest BCUT2D eigenvalue weighted by molar-refractivity contribution is -0.859. The van der Waals surface area contributed by atoms with Gasteiger partial charge in [-0.3, -0.25) is 9.36 Å². The Morgan fingerprint density at radius 1 is 1.32 bits per heavy atom. The zero-order valence-corrected chi connectivity index (χ0v) is 17.8. The standard InChI is InChI=1S/C20H25ClN4O2S/c1-24(2)10-11-25-17-9-4-3-8-16(17)19(23-20(25)27)28-13-18(26)22-15-7-5-6-14(21)12-15/h5-7,12H,3-4,8-11,13H2,1-2H3,(H,22,26)/p+1. The molecule has 1 aromatic heterocycles. The third kappa shape index (κ3) is 5.37. The van der Waals surface area contributed by atoms with E-state index in [1.165, 1.54) is 16.7 Å². The first-order valence-corrected chi connectivity index (χ1v) is 10.9. The lowest BCUT2D eigenvalue weighted by Gasteiger charge is -2.23. The van der Waals surface area contributed by atoms with Crippen LogP contribution in [0.15, 0.2) is 34.1 Å². The van der Waals surface area contributed by atoms with Crippen molar-refractivity contribution in [1.29, 1.82) is 0 Å². The van der Waals surface area contributed by atoms with Crippen LogP contribution in [-0.2, 0) is 24.2 Å². The SMILES string of the molecule is C[NH+](C)CCn1c2c(c(SCC(=O)Nc3cccc(Cl)c3)nc1=O)CCCC2. The molecule has 0 fully saturated rings. The van der Waals surface area contributed by atoms with Gasteiger partial charge in [-0.15, -0.1) is 0 Å². The van der Waals surface area contributed by atoms with Gasteiger partial charge in [0.15, 0.2) is 0 Å². The van der Waals surface area contributed by atoms with Crippen LogP contribution in [0.2, 0.25) is 5.02 Å². The van der Waals surface area contributed by atoms with Gasteiger partial charge in [-0.2, -0.15) is 4.98 Å². The van der Waals surface area contributed by atoms with Crippen LogP contribution in [0.5, 0.6) is 0 Å². The number of hydrogen-bond donors (Lipinski definition) is 2. The van der Waals surface area contributed by atoms with Crippen LogP contribution in [-0.4, -0.2) is 41.9 Å². The molecule has 8 heteroatoms. The van der Waals surface area contributed by atoms with Crippen molar-refractivity contribution in [3.05, 3.63) is 51.0 Å². The highest BCUT2D eigenvalue weighted by molar-refractivity contribution is 8.00. The summed E-state index contributed by atoms with van der Waals surface area (Å²) >= 11 is 7.29. The lowest BCUT2D eigenvalue weighted by atomic mass is 9.97. The van der Waals surface area contributed by atoms with Crippen LogP contribution in [0.3, 0.4) is 0 Å². The van der Waals surface area contributed by atoms with Gasteiger partial charge in [0, 0.05) is 22.0 Å². The summed E-state index contributed by atoms with van der Waals surface area (Å²) in [5.41, 5.74) is 2.69. The van der Waals surface area contributed by atoms with E-state index in [1.54, 1.807) is 24.3 Å². The highest BCUT2D eigenvalue weighted by Crippen LogP contribution is 2.28. The molecular weight excluding hydrogens is 396 g/mol. The molecule has 0 aliphatic heterocycles. The Hall–Kier alpha value is -1.83. The smallest absolute Gasteiger partial charge is 0.338 e. The van der Waals surface area contributed by atoms with E-state index in [2.05, 4.69) is 24.4 Å². The van der Waals surface area contributed by atoms with Crippen molar-refractivity contribution in [3.63, 3.8) is 0 Å². The molecular formula is C20H26ClN4O2S+. The number of hydrogen-bond acceptors (Lipinski definition) is 4. The number of benzene rings is 1. The number of likely N-dealkylation sites (N-methyl/N-ethyl adjacent to an activating group) is 1. The Bertz CT molecular complexity index is 914. The van der Waals surface area contributed by atoms with Crippen LogP contribution in [0.1, 0.15) is 24.1 Å². The van der Waals surface area contributed by atoms with E-state index in [-0.39, 0.29) is 17.3 Å². The molecule has 1 aromatic carbocycles. The van der Waals surface area contributed by atoms with Gasteiger partial charge in [0.1, 0.15) is 5.03 Å². The summed E-state index contributed by atoms with van der Waals surface area (Å²) in [5, 5.41) is 4.11. The maximum Gasteiger partial charge on any atom is 0.349 e. The van der Waals surface area contributed by atoms with Gasteiger partial charge in [0.05, 0.1) is 32.9 Å². The topological polar surface area (TPSA) is 68.4 Å². The summed E-state index contributed by atoms with van der Waals surface area (Å²) in [7, 11) is 4.15. The second-order valence-electron chi connectivity index (χ2n) is 7.29. The van der Waals surface area contributed by atoms with Gasteiger partial charge in [-0.1, -0.05) is 29.4 Å².